The summed E-state index contributed by atoms with van der Waals surface area (Å²) in [5.41, 5.74) is 0. The molecule has 1 rings (SSSR count). The molecule has 0 aromatic rings. The Labute approximate surface area is 108 Å². The molecule has 17 heavy (non-hydrogen) atoms. The van der Waals surface area contributed by atoms with Gasteiger partial charge < -0.3 is 5.11 Å². The smallest absolute Gasteiger partial charge is 0.212 e. The van der Waals surface area contributed by atoms with E-state index in [1.807, 2.05) is 24.4 Å². The lowest BCUT2D eigenvalue weighted by Crippen LogP contribution is -2.52. The Hall–Kier alpha value is 0.180. The molecule has 1 aliphatic heterocycles. The summed E-state index contributed by atoms with van der Waals surface area (Å²) in [4.78, 5) is 0. The van der Waals surface area contributed by atoms with Crippen LogP contribution in [0.25, 0.3) is 0 Å². The number of nitrogens with one attached hydrogen (secondary N) is 1. The number of aliphatic hydroxyl groups is 1. The monoisotopic (exact) mass is 282 g/mol. The molecule has 0 aromatic carbocycles. The summed E-state index contributed by atoms with van der Waals surface area (Å²) in [7, 11) is -3.27. The van der Waals surface area contributed by atoms with Crippen LogP contribution in [-0.2, 0) is 10.0 Å². The fourth-order valence-electron chi connectivity index (χ4n) is 1.92. The van der Waals surface area contributed by atoms with E-state index in [9.17, 15) is 13.5 Å². The molecule has 102 valence electrons. The first-order chi connectivity index (χ1) is 7.84. The molecule has 1 saturated heterocycles. The van der Waals surface area contributed by atoms with Crippen molar-refractivity contribution >= 4 is 22.0 Å². The van der Waals surface area contributed by atoms with E-state index in [2.05, 4.69) is 4.72 Å². The average Bonchev–Trinajstić information content (AvgIpc) is 2.18. The fourth-order valence-corrected chi connectivity index (χ4v) is 4.22. The van der Waals surface area contributed by atoms with Gasteiger partial charge in [0.05, 0.1) is 17.9 Å². The zero-order valence-electron chi connectivity index (χ0n) is 10.6. The summed E-state index contributed by atoms with van der Waals surface area (Å²) in [6, 6.07) is -0.345. The number of piperidine rings is 1. The minimum absolute atomic E-state index is 0.0935. The normalized spacial score (nSPS) is 27.6. The van der Waals surface area contributed by atoms with Gasteiger partial charge in [0.15, 0.2) is 0 Å². The zero-order chi connectivity index (χ0) is 13.1. The van der Waals surface area contributed by atoms with Crippen molar-refractivity contribution in [3.05, 3.63) is 0 Å². The van der Waals surface area contributed by atoms with Crippen LogP contribution in [0.15, 0.2) is 0 Å². The number of sulfonamides is 1. The van der Waals surface area contributed by atoms with E-state index < -0.39 is 16.1 Å². The van der Waals surface area contributed by atoms with Crippen molar-refractivity contribution in [2.45, 2.75) is 32.4 Å². The van der Waals surface area contributed by atoms with Gasteiger partial charge in [0.1, 0.15) is 0 Å². The standard InChI is InChI=1S/C10H22N2O3S2/c1-8(2)7-17(14,15)11-9-4-5-12(16-3)6-10(9)13/h8-11,13H,4-7H2,1-3H3. The van der Waals surface area contributed by atoms with E-state index in [4.69, 9.17) is 0 Å². The predicted octanol–water partition coefficient (Wildman–Crippen LogP) is 0.275. The average molecular weight is 282 g/mol. The second-order valence-corrected chi connectivity index (χ2v) is 7.51. The van der Waals surface area contributed by atoms with Crippen LogP contribution in [-0.4, -0.2) is 55.1 Å². The lowest BCUT2D eigenvalue weighted by molar-refractivity contribution is 0.0854. The maximum absolute atomic E-state index is 11.8. The van der Waals surface area contributed by atoms with E-state index in [-0.39, 0.29) is 17.7 Å². The number of aliphatic hydroxyl groups excluding tert-OH is 1. The molecule has 0 radical (unpaired) electrons. The molecular formula is C10H22N2O3S2. The van der Waals surface area contributed by atoms with Gasteiger partial charge in [-0.15, -0.1) is 0 Å². The molecule has 1 fully saturated rings. The Morgan fingerprint density at radius 2 is 2.18 bits per heavy atom. The minimum Gasteiger partial charge on any atom is -0.390 e. The highest BCUT2D eigenvalue weighted by atomic mass is 32.2. The van der Waals surface area contributed by atoms with E-state index in [1.165, 1.54) is 0 Å². The molecule has 0 spiro atoms. The Morgan fingerprint density at radius 1 is 1.53 bits per heavy atom. The highest BCUT2D eigenvalue weighted by molar-refractivity contribution is 7.96. The summed E-state index contributed by atoms with van der Waals surface area (Å²) in [5.74, 6) is 0.207. The topological polar surface area (TPSA) is 69.6 Å². The first-order valence-electron chi connectivity index (χ1n) is 5.81. The van der Waals surface area contributed by atoms with Gasteiger partial charge in [0, 0.05) is 13.1 Å². The summed E-state index contributed by atoms with van der Waals surface area (Å²) in [6.07, 6.45) is 1.98. The van der Waals surface area contributed by atoms with Gasteiger partial charge in [0.2, 0.25) is 10.0 Å². The van der Waals surface area contributed by atoms with Crippen molar-refractivity contribution in [2.24, 2.45) is 5.92 Å². The molecular weight excluding hydrogens is 260 g/mol. The highest BCUT2D eigenvalue weighted by Crippen LogP contribution is 2.17. The van der Waals surface area contributed by atoms with E-state index in [0.717, 1.165) is 6.54 Å². The number of rotatable bonds is 5. The number of hydrogen-bond donors (Lipinski definition) is 2. The van der Waals surface area contributed by atoms with Crippen molar-refractivity contribution in [2.75, 3.05) is 25.1 Å². The van der Waals surface area contributed by atoms with Gasteiger partial charge in [0.25, 0.3) is 0 Å². The van der Waals surface area contributed by atoms with Crippen molar-refractivity contribution in [1.82, 2.24) is 9.03 Å². The molecule has 2 N–H and O–H groups in total. The van der Waals surface area contributed by atoms with Crippen LogP contribution < -0.4 is 4.72 Å². The quantitative estimate of drug-likeness (QED) is 0.709. The van der Waals surface area contributed by atoms with Crippen LogP contribution in [0.4, 0.5) is 0 Å². The van der Waals surface area contributed by atoms with Gasteiger partial charge >= 0.3 is 0 Å². The predicted molar refractivity (Wildman–Crippen MR) is 71.3 cm³/mol. The Bertz CT molecular complexity index is 332. The lowest BCUT2D eigenvalue weighted by Gasteiger charge is -2.34. The summed E-state index contributed by atoms with van der Waals surface area (Å²) in [5, 5.41) is 9.89. The lowest BCUT2D eigenvalue weighted by atomic mass is 10.1. The van der Waals surface area contributed by atoms with Crippen LogP contribution >= 0.6 is 11.9 Å². The van der Waals surface area contributed by atoms with Gasteiger partial charge in [-0.1, -0.05) is 25.8 Å². The molecule has 1 heterocycles. The van der Waals surface area contributed by atoms with Crippen LogP contribution in [0.5, 0.6) is 0 Å². The largest absolute Gasteiger partial charge is 0.390 e. The molecule has 7 heteroatoms. The van der Waals surface area contributed by atoms with Crippen molar-refractivity contribution in [1.29, 1.82) is 0 Å². The second-order valence-electron chi connectivity index (χ2n) is 4.83. The Balaban J connectivity index is 2.52. The third kappa shape index (κ3) is 5.13. The summed E-state index contributed by atoms with van der Waals surface area (Å²) < 4.78 is 28.2. The Morgan fingerprint density at radius 3 is 2.65 bits per heavy atom. The first-order valence-corrected chi connectivity index (χ1v) is 8.64. The molecule has 2 unspecified atom stereocenters. The fraction of sp³-hybridized carbons (Fsp3) is 1.00. The maximum atomic E-state index is 11.8. The van der Waals surface area contributed by atoms with Gasteiger partial charge in [-0.25, -0.2) is 17.4 Å². The minimum atomic E-state index is -3.27. The van der Waals surface area contributed by atoms with Crippen LogP contribution in [0.3, 0.4) is 0 Å². The molecule has 5 nitrogen and oxygen atoms in total. The molecule has 0 saturated carbocycles. The Kier molecular flexibility index (Phi) is 5.72. The molecule has 0 aromatic heterocycles. The number of β-amino-alcohol motifs (C(OH)–C–C–N with tert-alkyl or cyclic N) is 1. The first kappa shape index (κ1) is 15.2. The molecule has 0 aliphatic carbocycles. The van der Waals surface area contributed by atoms with E-state index >= 15 is 0 Å². The van der Waals surface area contributed by atoms with Crippen LogP contribution in [0.1, 0.15) is 20.3 Å². The highest BCUT2D eigenvalue weighted by Gasteiger charge is 2.30. The molecule has 1 aliphatic rings. The second kappa shape index (κ2) is 6.38. The zero-order valence-corrected chi connectivity index (χ0v) is 12.2. The van der Waals surface area contributed by atoms with Crippen molar-refractivity contribution < 1.29 is 13.5 Å². The van der Waals surface area contributed by atoms with Gasteiger partial charge in [-0.05, 0) is 18.6 Å². The third-order valence-electron chi connectivity index (χ3n) is 2.69. The van der Waals surface area contributed by atoms with Crippen molar-refractivity contribution in [3.63, 3.8) is 0 Å². The van der Waals surface area contributed by atoms with Crippen LogP contribution in [0, 0.1) is 5.92 Å². The summed E-state index contributed by atoms with van der Waals surface area (Å²) in [6.45, 7) is 5.04. The van der Waals surface area contributed by atoms with Crippen LogP contribution in [0.2, 0.25) is 0 Å². The maximum Gasteiger partial charge on any atom is 0.212 e. The van der Waals surface area contributed by atoms with Crippen molar-refractivity contribution in [3.8, 4) is 0 Å². The molecule has 2 atom stereocenters. The molecule has 0 amide bonds. The SMILES string of the molecule is CSN1CCC(NS(=O)(=O)CC(C)C)C(O)C1. The van der Waals surface area contributed by atoms with E-state index in [0.29, 0.717) is 13.0 Å². The number of hydrogen-bond acceptors (Lipinski definition) is 5. The summed E-state index contributed by atoms with van der Waals surface area (Å²) >= 11 is 1.58. The van der Waals surface area contributed by atoms with Gasteiger partial charge in [-0.2, -0.15) is 0 Å². The van der Waals surface area contributed by atoms with E-state index in [1.54, 1.807) is 11.9 Å². The third-order valence-corrected chi connectivity index (χ3v) is 5.30. The molecule has 0 bridgehead atoms. The number of nitrogens with zero attached hydrogens (tertiary/aromatic N) is 1. The van der Waals surface area contributed by atoms with Gasteiger partial charge in [-0.3, -0.25) is 0 Å².